The lowest BCUT2D eigenvalue weighted by atomic mass is 10.1. The number of aryl methyl sites for hydroxylation is 1. The highest BCUT2D eigenvalue weighted by Crippen LogP contribution is 2.33. The zero-order valence-corrected chi connectivity index (χ0v) is 17.3. The molecule has 0 bridgehead atoms. The van der Waals surface area contributed by atoms with E-state index in [0.717, 1.165) is 27.9 Å². The Bertz CT molecular complexity index is 945. The van der Waals surface area contributed by atoms with E-state index in [-0.39, 0.29) is 6.54 Å². The van der Waals surface area contributed by atoms with Crippen LogP contribution in [0.15, 0.2) is 23.0 Å². The van der Waals surface area contributed by atoms with Crippen LogP contribution in [0.25, 0.3) is 10.9 Å². The van der Waals surface area contributed by atoms with Gasteiger partial charge in [-0.2, -0.15) is 0 Å². The summed E-state index contributed by atoms with van der Waals surface area (Å²) < 4.78 is 11.1. The van der Waals surface area contributed by atoms with Crippen LogP contribution in [-0.4, -0.2) is 21.7 Å². The Hall–Kier alpha value is -2.25. The fourth-order valence-electron chi connectivity index (χ4n) is 2.57. The summed E-state index contributed by atoms with van der Waals surface area (Å²) in [6.45, 7) is 8.08. The summed E-state index contributed by atoms with van der Waals surface area (Å²) >= 11 is 8.02. The number of alkyl carbamates (subject to hydrolysis) is 1. The smallest absolute Gasteiger partial charge is 0.407 e. The predicted octanol–water partition coefficient (Wildman–Crippen LogP) is 5.19. The van der Waals surface area contributed by atoms with Crippen LogP contribution < -0.4 is 10.1 Å². The second-order valence-electron chi connectivity index (χ2n) is 7.20. The standard InChI is InChI=1S/C19H22ClN3O3S/c1-11-5-13-14(6-16(11)25-8-12-9-27-10-22-12)23-15(17(13)20)7-21-18(24)26-19(2,3)4/h5-6,9-10,23H,7-8H2,1-4H3,(H,21,24). The molecule has 2 aromatic heterocycles. The van der Waals surface area contributed by atoms with Crippen molar-refractivity contribution in [1.82, 2.24) is 15.3 Å². The molecule has 2 N–H and O–H groups in total. The second kappa shape index (κ2) is 7.78. The zero-order chi connectivity index (χ0) is 19.6. The summed E-state index contributed by atoms with van der Waals surface area (Å²) in [7, 11) is 0. The molecule has 3 aromatic rings. The molecule has 6 nitrogen and oxygen atoms in total. The van der Waals surface area contributed by atoms with E-state index in [0.29, 0.717) is 17.3 Å². The van der Waals surface area contributed by atoms with Crippen molar-refractivity contribution in [2.45, 2.75) is 46.4 Å². The first kappa shape index (κ1) is 19.5. The molecule has 0 saturated carbocycles. The Morgan fingerprint density at radius 2 is 2.15 bits per heavy atom. The number of carbonyl (C=O) groups is 1. The first-order valence-corrected chi connectivity index (χ1v) is 9.82. The number of carbonyl (C=O) groups excluding carboxylic acids is 1. The van der Waals surface area contributed by atoms with Crippen molar-refractivity contribution in [3.8, 4) is 5.75 Å². The molecule has 0 fully saturated rings. The summed E-state index contributed by atoms with van der Waals surface area (Å²) in [4.78, 5) is 19.3. The Morgan fingerprint density at radius 3 is 2.81 bits per heavy atom. The number of nitrogens with one attached hydrogen (secondary N) is 2. The molecule has 0 radical (unpaired) electrons. The minimum Gasteiger partial charge on any atom is -0.487 e. The molecule has 0 spiro atoms. The highest BCUT2D eigenvalue weighted by Gasteiger charge is 2.17. The third kappa shape index (κ3) is 4.93. The van der Waals surface area contributed by atoms with Crippen molar-refractivity contribution in [3.63, 3.8) is 0 Å². The number of fused-ring (bicyclic) bond motifs is 1. The Labute approximate surface area is 166 Å². The van der Waals surface area contributed by atoms with E-state index in [1.165, 1.54) is 11.3 Å². The molecule has 0 atom stereocenters. The van der Waals surface area contributed by atoms with Gasteiger partial charge in [0.15, 0.2) is 0 Å². The lowest BCUT2D eigenvalue weighted by Gasteiger charge is -2.19. The molecular weight excluding hydrogens is 386 g/mol. The van der Waals surface area contributed by atoms with E-state index in [9.17, 15) is 4.79 Å². The van der Waals surface area contributed by atoms with E-state index in [1.54, 1.807) is 5.51 Å². The van der Waals surface area contributed by atoms with Gasteiger partial charge < -0.3 is 19.8 Å². The van der Waals surface area contributed by atoms with E-state index in [1.807, 2.05) is 45.2 Å². The molecule has 3 rings (SSSR count). The average Bonchev–Trinajstić information content (AvgIpc) is 3.18. The first-order chi connectivity index (χ1) is 12.7. The molecule has 144 valence electrons. The monoisotopic (exact) mass is 407 g/mol. The van der Waals surface area contributed by atoms with E-state index >= 15 is 0 Å². The third-order valence-corrected chi connectivity index (χ3v) is 4.84. The van der Waals surface area contributed by atoms with Gasteiger partial charge in [-0.15, -0.1) is 11.3 Å². The summed E-state index contributed by atoms with van der Waals surface area (Å²) in [6.07, 6.45) is -0.485. The molecule has 27 heavy (non-hydrogen) atoms. The van der Waals surface area contributed by atoms with Crippen molar-refractivity contribution >= 4 is 39.9 Å². The second-order valence-corrected chi connectivity index (χ2v) is 8.30. The van der Waals surface area contributed by atoms with Gasteiger partial charge >= 0.3 is 6.09 Å². The molecule has 1 amide bonds. The lowest BCUT2D eigenvalue weighted by molar-refractivity contribution is 0.0523. The van der Waals surface area contributed by atoms with Crippen molar-refractivity contribution in [2.75, 3.05) is 0 Å². The van der Waals surface area contributed by atoms with Gasteiger partial charge in [-0.1, -0.05) is 11.6 Å². The van der Waals surface area contributed by atoms with E-state index in [4.69, 9.17) is 21.1 Å². The van der Waals surface area contributed by atoms with Crippen LogP contribution in [-0.2, 0) is 17.9 Å². The van der Waals surface area contributed by atoms with Crippen molar-refractivity contribution < 1.29 is 14.3 Å². The van der Waals surface area contributed by atoms with Gasteiger partial charge in [-0.3, -0.25) is 0 Å². The Kier molecular flexibility index (Phi) is 5.62. The van der Waals surface area contributed by atoms with Gasteiger partial charge in [0.1, 0.15) is 18.0 Å². The summed E-state index contributed by atoms with van der Waals surface area (Å²) in [5.41, 5.74) is 4.67. The molecule has 1 aromatic carbocycles. The quantitative estimate of drug-likeness (QED) is 0.610. The molecule has 0 unspecified atom stereocenters. The van der Waals surface area contributed by atoms with Gasteiger partial charge in [0.05, 0.1) is 34.0 Å². The Balaban J connectivity index is 1.74. The number of rotatable bonds is 5. The first-order valence-electron chi connectivity index (χ1n) is 8.50. The van der Waals surface area contributed by atoms with Crippen LogP contribution in [0.5, 0.6) is 5.75 Å². The number of thiazole rings is 1. The van der Waals surface area contributed by atoms with Gasteiger partial charge in [0.2, 0.25) is 0 Å². The van der Waals surface area contributed by atoms with Gasteiger partial charge in [0, 0.05) is 16.8 Å². The number of H-pyrrole nitrogens is 1. The van der Waals surface area contributed by atoms with E-state index < -0.39 is 11.7 Å². The fraction of sp³-hybridized carbons (Fsp3) is 0.368. The maximum absolute atomic E-state index is 11.8. The number of ether oxygens (including phenoxy) is 2. The summed E-state index contributed by atoms with van der Waals surface area (Å²) in [5.74, 6) is 0.764. The van der Waals surface area contributed by atoms with Crippen molar-refractivity contribution in [2.24, 2.45) is 0 Å². The minimum atomic E-state index is -0.547. The van der Waals surface area contributed by atoms with Crippen LogP contribution in [0.4, 0.5) is 4.79 Å². The summed E-state index contributed by atoms with van der Waals surface area (Å²) in [6, 6.07) is 3.89. The Morgan fingerprint density at radius 1 is 1.37 bits per heavy atom. The van der Waals surface area contributed by atoms with Crippen LogP contribution in [0, 0.1) is 6.92 Å². The average molecular weight is 408 g/mol. The fourth-order valence-corrected chi connectivity index (χ4v) is 3.38. The van der Waals surface area contributed by atoms with E-state index in [2.05, 4.69) is 15.3 Å². The SMILES string of the molecule is Cc1cc2c(Cl)c(CNC(=O)OC(C)(C)C)[nH]c2cc1OCc1cscn1. The molecule has 0 aliphatic heterocycles. The zero-order valence-electron chi connectivity index (χ0n) is 15.7. The molecule has 0 saturated heterocycles. The number of amides is 1. The largest absolute Gasteiger partial charge is 0.487 e. The number of aromatic nitrogens is 2. The highest BCUT2D eigenvalue weighted by molar-refractivity contribution is 7.07. The predicted molar refractivity (Wildman–Crippen MR) is 108 cm³/mol. The minimum absolute atomic E-state index is 0.247. The normalized spacial score (nSPS) is 11.6. The number of benzene rings is 1. The van der Waals surface area contributed by atoms with Crippen LogP contribution in [0.3, 0.4) is 0 Å². The van der Waals surface area contributed by atoms with Crippen LogP contribution >= 0.6 is 22.9 Å². The number of nitrogens with zero attached hydrogens (tertiary/aromatic N) is 1. The van der Waals surface area contributed by atoms with Crippen LogP contribution in [0.2, 0.25) is 5.02 Å². The van der Waals surface area contributed by atoms with Gasteiger partial charge in [0.25, 0.3) is 0 Å². The van der Waals surface area contributed by atoms with Crippen molar-refractivity contribution in [3.05, 3.63) is 45.0 Å². The lowest BCUT2D eigenvalue weighted by Crippen LogP contribution is -2.32. The topological polar surface area (TPSA) is 76.2 Å². The number of aromatic amines is 1. The third-order valence-electron chi connectivity index (χ3n) is 3.77. The highest BCUT2D eigenvalue weighted by atomic mass is 35.5. The van der Waals surface area contributed by atoms with Gasteiger partial charge in [-0.05, 0) is 39.3 Å². The summed E-state index contributed by atoms with van der Waals surface area (Å²) in [5, 5.41) is 6.14. The number of hydrogen-bond acceptors (Lipinski definition) is 5. The number of halogens is 1. The molecule has 0 aliphatic carbocycles. The van der Waals surface area contributed by atoms with Crippen molar-refractivity contribution in [1.29, 1.82) is 0 Å². The molecule has 8 heteroatoms. The molecule has 2 heterocycles. The maximum Gasteiger partial charge on any atom is 0.407 e. The maximum atomic E-state index is 11.8. The van der Waals surface area contributed by atoms with Crippen LogP contribution in [0.1, 0.15) is 37.7 Å². The number of hydrogen-bond donors (Lipinski definition) is 2. The molecule has 0 aliphatic rings. The molecular formula is C19H22ClN3O3S. The van der Waals surface area contributed by atoms with Gasteiger partial charge in [-0.25, -0.2) is 9.78 Å².